The Labute approximate surface area is 241 Å². The molecule has 10 nitrogen and oxygen atoms in total. The topological polar surface area (TPSA) is 121 Å². The van der Waals surface area contributed by atoms with Gasteiger partial charge in [0.2, 0.25) is 17.8 Å². The number of nitro groups is 1. The van der Waals surface area contributed by atoms with Crippen LogP contribution in [0.15, 0.2) is 132 Å². The van der Waals surface area contributed by atoms with Crippen LogP contribution in [0.3, 0.4) is 0 Å². The van der Waals surface area contributed by atoms with Gasteiger partial charge in [0.1, 0.15) is 0 Å². The van der Waals surface area contributed by atoms with Crippen LogP contribution < -0.4 is 15.6 Å². The molecule has 6 rings (SSSR count). The maximum atomic E-state index is 11.2. The molecular weight excluding hydrogens is 528 g/mol. The number of benzene rings is 5. The van der Waals surface area contributed by atoms with Crippen LogP contribution in [0.1, 0.15) is 5.56 Å². The Morgan fingerprint density at radius 2 is 1.36 bits per heavy atom. The zero-order valence-electron chi connectivity index (χ0n) is 22.2. The smallest absolute Gasteiger partial charge is 0.270 e. The molecule has 2 N–H and O–H groups in total. The highest BCUT2D eigenvalue weighted by Crippen LogP contribution is 2.33. The van der Waals surface area contributed by atoms with Crippen molar-refractivity contribution in [3.63, 3.8) is 0 Å². The Kier molecular flexibility index (Phi) is 7.41. The van der Waals surface area contributed by atoms with Crippen molar-refractivity contribution in [3.05, 3.63) is 143 Å². The van der Waals surface area contributed by atoms with Gasteiger partial charge >= 0.3 is 0 Å². The molecular formula is C32H24N8O2. The average Bonchev–Trinajstić information content (AvgIpc) is 3.03. The lowest BCUT2D eigenvalue weighted by atomic mass is 10.1. The van der Waals surface area contributed by atoms with Crippen LogP contribution in [0.25, 0.3) is 10.8 Å². The zero-order chi connectivity index (χ0) is 28.7. The van der Waals surface area contributed by atoms with Gasteiger partial charge in [-0.3, -0.25) is 15.0 Å². The molecule has 0 amide bonds. The van der Waals surface area contributed by atoms with Crippen LogP contribution in [0, 0.1) is 10.1 Å². The Hall–Kier alpha value is -6.16. The van der Waals surface area contributed by atoms with E-state index < -0.39 is 4.92 Å². The number of hydrazone groups is 1. The number of nitrogens with zero attached hydrogens (tertiary/aromatic N) is 6. The van der Waals surface area contributed by atoms with Gasteiger partial charge in [-0.15, -0.1) is 0 Å². The quantitative estimate of drug-likeness (QED) is 0.107. The van der Waals surface area contributed by atoms with Gasteiger partial charge in [-0.05, 0) is 35.7 Å². The second-order valence-electron chi connectivity index (χ2n) is 9.16. The second kappa shape index (κ2) is 11.9. The second-order valence-corrected chi connectivity index (χ2v) is 9.16. The summed E-state index contributed by atoms with van der Waals surface area (Å²) in [5, 5.41) is 20.9. The van der Waals surface area contributed by atoms with Gasteiger partial charge < -0.3 is 5.32 Å². The lowest BCUT2D eigenvalue weighted by Crippen LogP contribution is -2.16. The van der Waals surface area contributed by atoms with E-state index in [4.69, 9.17) is 9.97 Å². The number of aromatic nitrogens is 3. The van der Waals surface area contributed by atoms with Gasteiger partial charge in [0.25, 0.3) is 5.69 Å². The molecule has 0 saturated heterocycles. The minimum atomic E-state index is -0.448. The molecule has 0 aliphatic carbocycles. The van der Waals surface area contributed by atoms with Crippen molar-refractivity contribution >= 4 is 57.6 Å². The van der Waals surface area contributed by atoms with E-state index in [1.165, 1.54) is 18.3 Å². The molecule has 204 valence electrons. The number of fused-ring (bicyclic) bond motifs is 1. The van der Waals surface area contributed by atoms with Gasteiger partial charge in [-0.2, -0.15) is 20.1 Å². The molecule has 10 heteroatoms. The first-order chi connectivity index (χ1) is 20.6. The Bertz CT molecular complexity index is 1840. The van der Waals surface area contributed by atoms with Crippen molar-refractivity contribution in [1.29, 1.82) is 0 Å². The first kappa shape index (κ1) is 26.1. The Morgan fingerprint density at radius 1 is 0.714 bits per heavy atom. The number of para-hydroxylation sites is 2. The molecule has 6 aromatic rings. The zero-order valence-corrected chi connectivity index (χ0v) is 22.2. The van der Waals surface area contributed by atoms with Crippen LogP contribution in [0.2, 0.25) is 0 Å². The molecule has 0 saturated carbocycles. The fourth-order valence-electron chi connectivity index (χ4n) is 4.44. The summed E-state index contributed by atoms with van der Waals surface area (Å²) in [5.41, 5.74) is 5.95. The summed E-state index contributed by atoms with van der Waals surface area (Å²) in [4.78, 5) is 26.7. The van der Waals surface area contributed by atoms with Crippen molar-refractivity contribution < 1.29 is 4.92 Å². The van der Waals surface area contributed by atoms with E-state index >= 15 is 0 Å². The predicted molar refractivity (Wildman–Crippen MR) is 166 cm³/mol. The summed E-state index contributed by atoms with van der Waals surface area (Å²) < 4.78 is 0. The van der Waals surface area contributed by atoms with E-state index in [0.717, 1.165) is 27.8 Å². The number of hydrogen-bond donors (Lipinski definition) is 2. The van der Waals surface area contributed by atoms with Crippen molar-refractivity contribution in [1.82, 2.24) is 15.0 Å². The summed E-state index contributed by atoms with van der Waals surface area (Å²) in [5.74, 6) is 0.848. The number of nitrogens with one attached hydrogen (secondary N) is 2. The van der Waals surface area contributed by atoms with Gasteiger partial charge in [0, 0.05) is 40.1 Å². The van der Waals surface area contributed by atoms with Gasteiger partial charge in [0.05, 0.1) is 11.1 Å². The van der Waals surface area contributed by atoms with Crippen molar-refractivity contribution in [3.8, 4) is 0 Å². The molecule has 0 atom stereocenters. The number of hydrogen-bond acceptors (Lipinski definition) is 9. The van der Waals surface area contributed by atoms with Gasteiger partial charge in [-0.25, -0.2) is 5.43 Å². The molecule has 0 bridgehead atoms. The van der Waals surface area contributed by atoms with E-state index in [1.807, 2.05) is 108 Å². The Balaban J connectivity index is 1.42. The highest BCUT2D eigenvalue weighted by Gasteiger charge is 2.18. The maximum Gasteiger partial charge on any atom is 0.270 e. The molecule has 42 heavy (non-hydrogen) atoms. The van der Waals surface area contributed by atoms with Crippen LogP contribution in [-0.4, -0.2) is 26.1 Å². The lowest BCUT2D eigenvalue weighted by molar-refractivity contribution is -0.384. The molecule has 0 aliphatic rings. The van der Waals surface area contributed by atoms with E-state index in [9.17, 15) is 10.1 Å². The first-order valence-electron chi connectivity index (χ1n) is 13.1. The summed E-state index contributed by atoms with van der Waals surface area (Å²) in [6.45, 7) is 0. The third-order valence-electron chi connectivity index (χ3n) is 6.35. The summed E-state index contributed by atoms with van der Waals surface area (Å²) >= 11 is 0. The largest absolute Gasteiger partial charge is 0.323 e. The Morgan fingerprint density at radius 3 is 2.10 bits per heavy atom. The fourth-order valence-corrected chi connectivity index (χ4v) is 4.44. The molecule has 1 heterocycles. The number of non-ortho nitro benzene ring substituents is 1. The normalized spacial score (nSPS) is 11.0. The fraction of sp³-hybridized carbons (Fsp3) is 0. The van der Waals surface area contributed by atoms with Crippen LogP contribution >= 0.6 is 0 Å². The third-order valence-corrected chi connectivity index (χ3v) is 6.35. The summed E-state index contributed by atoms with van der Waals surface area (Å²) in [6, 6.07) is 39.8. The van der Waals surface area contributed by atoms with Gasteiger partial charge in [-0.1, -0.05) is 84.9 Å². The molecule has 1 aromatic heterocycles. The molecule has 0 unspecified atom stereocenters. The number of rotatable bonds is 9. The minimum absolute atomic E-state index is 0.0238. The third kappa shape index (κ3) is 5.87. The first-order valence-corrected chi connectivity index (χ1v) is 13.1. The van der Waals surface area contributed by atoms with Crippen LogP contribution in [0.5, 0.6) is 0 Å². The van der Waals surface area contributed by atoms with E-state index in [-0.39, 0.29) is 11.6 Å². The maximum absolute atomic E-state index is 11.2. The molecule has 0 spiro atoms. The lowest BCUT2D eigenvalue weighted by Gasteiger charge is -2.23. The highest BCUT2D eigenvalue weighted by atomic mass is 16.6. The van der Waals surface area contributed by atoms with Crippen molar-refractivity contribution in [2.24, 2.45) is 5.10 Å². The standard InChI is InChI=1S/C32H24N8O2/c41-40(42)27-18-9-11-23(21-27)22-33-38-31-35-30(34-29-20-10-13-24-12-7-8-19-28(24)29)36-32(37-31)39(25-14-3-1-4-15-25)26-16-5-2-6-17-26/h1-22H,(H2,34,35,36,37,38). The monoisotopic (exact) mass is 552 g/mol. The summed E-state index contributed by atoms with van der Waals surface area (Å²) in [7, 11) is 0. The van der Waals surface area contributed by atoms with Crippen LogP contribution in [-0.2, 0) is 0 Å². The SMILES string of the molecule is O=[N+]([O-])c1cccc(C=NNc2nc(Nc3cccc4ccccc34)nc(N(c3ccccc3)c3ccccc3)n2)c1. The van der Waals surface area contributed by atoms with Gasteiger partial charge in [0.15, 0.2) is 0 Å². The van der Waals surface area contributed by atoms with Crippen LogP contribution in [0.4, 0.5) is 40.6 Å². The summed E-state index contributed by atoms with van der Waals surface area (Å²) in [6.07, 6.45) is 1.47. The van der Waals surface area contributed by atoms with Crippen molar-refractivity contribution in [2.75, 3.05) is 15.6 Å². The number of nitro benzene ring substituents is 1. The number of anilines is 6. The van der Waals surface area contributed by atoms with E-state index in [2.05, 4.69) is 20.8 Å². The molecule has 5 aromatic carbocycles. The molecule has 0 aliphatic heterocycles. The molecule has 0 fully saturated rings. The van der Waals surface area contributed by atoms with E-state index in [1.54, 1.807) is 12.1 Å². The average molecular weight is 553 g/mol. The molecule has 0 radical (unpaired) electrons. The predicted octanol–water partition coefficient (Wildman–Crippen LogP) is 7.59. The van der Waals surface area contributed by atoms with Crippen molar-refractivity contribution in [2.45, 2.75) is 0 Å². The minimum Gasteiger partial charge on any atom is -0.323 e. The van der Waals surface area contributed by atoms with E-state index in [0.29, 0.717) is 17.5 Å². The highest BCUT2D eigenvalue weighted by molar-refractivity contribution is 5.95.